The Hall–Kier alpha value is -0.613. The van der Waals surface area contributed by atoms with Crippen LogP contribution < -0.4 is 26.4 Å². The van der Waals surface area contributed by atoms with Gasteiger partial charge in [-0.3, -0.25) is 0 Å². The van der Waals surface area contributed by atoms with Gasteiger partial charge in [-0.15, -0.1) is 0 Å². The molecule has 88 valence electrons. The number of hydrogen-bond acceptors (Lipinski definition) is 0. The predicted molar refractivity (Wildman–Crippen MR) is 73.3 cm³/mol. The van der Waals surface area contributed by atoms with Crippen LogP contribution in [0.1, 0.15) is 0 Å². The van der Waals surface area contributed by atoms with E-state index in [9.17, 15) is 0 Å². The van der Waals surface area contributed by atoms with Gasteiger partial charge in [-0.25, -0.2) is 0 Å². The van der Waals surface area contributed by atoms with Gasteiger partial charge in [-0.05, 0) is 23.4 Å². The molecule has 0 aliphatic carbocycles. The Morgan fingerprint density at radius 3 is 2.00 bits per heavy atom. The first-order valence-corrected chi connectivity index (χ1v) is 11.5. The van der Waals surface area contributed by atoms with Crippen LogP contribution in [0.5, 0.6) is 0 Å². The largest absolute Gasteiger partial charge is 0.357 e. The van der Waals surface area contributed by atoms with Gasteiger partial charge >= 0.3 is 21.2 Å². The lowest BCUT2D eigenvalue weighted by molar-refractivity contribution is -0.596. The Balaban J connectivity index is 2.34. The van der Waals surface area contributed by atoms with E-state index in [1.807, 2.05) is 0 Å². The molecule has 0 aromatic heterocycles. The normalized spacial score (nSPS) is 11.5. The molecule has 0 unspecified atom stereocenters. The first-order chi connectivity index (χ1) is 8.07. The van der Waals surface area contributed by atoms with Gasteiger partial charge in [0.05, 0.1) is 8.07 Å². The summed E-state index contributed by atoms with van der Waals surface area (Å²) in [7, 11) is -1.20. The van der Waals surface area contributed by atoms with E-state index in [4.69, 9.17) is 0 Å². The van der Waals surface area contributed by atoms with E-state index >= 15 is 0 Å². The molecule has 0 saturated carbocycles. The Labute approximate surface area is 115 Å². The Bertz CT molecular complexity index is 486. The zero-order valence-electron chi connectivity index (χ0n) is 10.6. The number of halogens is 1. The molecule has 0 atom stereocenters. The van der Waals surface area contributed by atoms with Crippen molar-refractivity contribution < 1.29 is 21.2 Å². The highest BCUT2D eigenvalue weighted by atomic mass is 127. The quantitative estimate of drug-likeness (QED) is 0.552. The SMILES string of the molecule is C[Si](C)(C)c1ccccc1[I+]c1ccccc1. The zero-order valence-corrected chi connectivity index (χ0v) is 13.7. The molecule has 2 heteroatoms. The third kappa shape index (κ3) is 3.42. The molecule has 0 bridgehead atoms. The van der Waals surface area contributed by atoms with Gasteiger partial charge in [0, 0.05) is 0 Å². The molecule has 0 heterocycles. The Morgan fingerprint density at radius 1 is 0.765 bits per heavy atom. The average Bonchev–Trinajstić information content (AvgIpc) is 2.30. The van der Waals surface area contributed by atoms with Crippen LogP contribution in [-0.2, 0) is 0 Å². The van der Waals surface area contributed by atoms with Crippen LogP contribution in [0.15, 0.2) is 54.6 Å². The minimum absolute atomic E-state index is 0.0242. The second-order valence-corrected chi connectivity index (χ2v) is 13.1. The fourth-order valence-electron chi connectivity index (χ4n) is 1.75. The molecule has 0 N–H and O–H groups in total. The van der Waals surface area contributed by atoms with Crippen molar-refractivity contribution >= 4 is 13.3 Å². The van der Waals surface area contributed by atoms with Gasteiger partial charge in [0.15, 0.2) is 7.14 Å². The summed E-state index contributed by atoms with van der Waals surface area (Å²) in [6.45, 7) is 7.29. The van der Waals surface area contributed by atoms with E-state index in [-0.39, 0.29) is 21.2 Å². The van der Waals surface area contributed by atoms with Crippen LogP contribution in [0.4, 0.5) is 0 Å². The first-order valence-electron chi connectivity index (χ1n) is 5.87. The third-order valence-electron chi connectivity index (χ3n) is 2.63. The van der Waals surface area contributed by atoms with Crippen LogP contribution in [0.3, 0.4) is 0 Å². The molecule has 0 aliphatic rings. The van der Waals surface area contributed by atoms with Crippen LogP contribution in [0, 0.1) is 7.14 Å². The standard InChI is InChI=1S/C15H18ISi/c1-17(2,3)15-12-8-7-11-14(15)16-13-9-5-4-6-10-13/h4-12H,1-3H3/q+1. The molecule has 2 rings (SSSR count). The molecule has 0 radical (unpaired) electrons. The maximum Gasteiger partial charge on any atom is 0.357 e. The van der Waals surface area contributed by atoms with Gasteiger partial charge in [0.1, 0.15) is 0 Å². The molecule has 0 amide bonds. The summed E-state index contributed by atoms with van der Waals surface area (Å²) in [6, 6.07) is 19.9. The fourth-order valence-corrected chi connectivity index (χ4v) is 8.19. The van der Waals surface area contributed by atoms with E-state index < -0.39 is 8.07 Å². The number of hydrogen-bond donors (Lipinski definition) is 0. The molecule has 0 aliphatic heterocycles. The highest BCUT2D eigenvalue weighted by Gasteiger charge is 2.27. The lowest BCUT2D eigenvalue weighted by atomic mass is 10.4. The highest BCUT2D eigenvalue weighted by molar-refractivity contribution is 6.88. The Kier molecular flexibility index (Phi) is 4.04. The van der Waals surface area contributed by atoms with Crippen molar-refractivity contribution in [1.82, 2.24) is 0 Å². The molecule has 0 fully saturated rings. The van der Waals surface area contributed by atoms with Crippen molar-refractivity contribution in [2.24, 2.45) is 0 Å². The third-order valence-corrected chi connectivity index (χ3v) is 8.05. The van der Waals surface area contributed by atoms with Gasteiger partial charge in [0.2, 0.25) is 0 Å². The smallest absolute Gasteiger partial charge is 0.0655 e. The molecule has 17 heavy (non-hydrogen) atoms. The summed E-state index contributed by atoms with van der Waals surface area (Å²) in [5.41, 5.74) is 0. The van der Waals surface area contributed by atoms with Crippen molar-refractivity contribution in [1.29, 1.82) is 0 Å². The van der Waals surface area contributed by atoms with E-state index in [0.29, 0.717) is 0 Å². The second kappa shape index (κ2) is 5.36. The Morgan fingerprint density at radius 2 is 1.35 bits per heavy atom. The van der Waals surface area contributed by atoms with Crippen LogP contribution in [-0.4, -0.2) is 8.07 Å². The zero-order chi connectivity index (χ0) is 12.3. The lowest BCUT2D eigenvalue weighted by Gasteiger charge is -2.15. The maximum absolute atomic E-state index is 2.43. The van der Waals surface area contributed by atoms with Gasteiger partial charge in [-0.1, -0.05) is 56.0 Å². The van der Waals surface area contributed by atoms with E-state index in [1.54, 1.807) is 8.76 Å². The number of rotatable bonds is 3. The van der Waals surface area contributed by atoms with Gasteiger partial charge < -0.3 is 0 Å². The van der Waals surface area contributed by atoms with Crippen LogP contribution in [0.25, 0.3) is 0 Å². The minimum atomic E-state index is -1.20. The minimum Gasteiger partial charge on any atom is -0.0655 e. The molecule has 2 aromatic carbocycles. The fraction of sp³-hybridized carbons (Fsp3) is 0.200. The second-order valence-electron chi connectivity index (χ2n) is 5.12. The maximum atomic E-state index is 2.43. The lowest BCUT2D eigenvalue weighted by Crippen LogP contribution is -3.62. The average molecular weight is 353 g/mol. The topological polar surface area (TPSA) is 0 Å². The van der Waals surface area contributed by atoms with E-state index in [2.05, 4.69) is 74.2 Å². The predicted octanol–water partition coefficient (Wildman–Crippen LogP) is 0.360. The number of benzene rings is 2. The summed E-state index contributed by atoms with van der Waals surface area (Å²) in [6.07, 6.45) is 0. The van der Waals surface area contributed by atoms with E-state index in [1.165, 1.54) is 3.57 Å². The van der Waals surface area contributed by atoms with Crippen LogP contribution in [0.2, 0.25) is 19.6 Å². The van der Waals surface area contributed by atoms with Crippen molar-refractivity contribution in [3.05, 3.63) is 61.7 Å². The summed E-state index contributed by atoms with van der Waals surface area (Å²) in [5, 5.41) is 1.64. The van der Waals surface area contributed by atoms with Crippen molar-refractivity contribution in [3.8, 4) is 0 Å². The molecular formula is C15H18ISi+. The van der Waals surface area contributed by atoms with Crippen molar-refractivity contribution in [3.63, 3.8) is 0 Å². The molecule has 2 aromatic rings. The van der Waals surface area contributed by atoms with E-state index in [0.717, 1.165) is 0 Å². The molecule has 0 nitrogen and oxygen atoms in total. The first kappa shape index (κ1) is 12.8. The summed E-state index contributed by atoms with van der Waals surface area (Å²) < 4.78 is 3.12. The summed E-state index contributed by atoms with van der Waals surface area (Å²) >= 11 is -0.0242. The molecular weight excluding hydrogens is 335 g/mol. The molecule has 0 spiro atoms. The van der Waals surface area contributed by atoms with Crippen molar-refractivity contribution in [2.45, 2.75) is 19.6 Å². The van der Waals surface area contributed by atoms with Gasteiger partial charge in [0.25, 0.3) is 0 Å². The van der Waals surface area contributed by atoms with Crippen LogP contribution >= 0.6 is 0 Å². The molecule has 0 saturated heterocycles. The van der Waals surface area contributed by atoms with Gasteiger partial charge in [-0.2, -0.15) is 0 Å². The highest BCUT2D eigenvalue weighted by Crippen LogP contribution is 2.01. The summed E-state index contributed by atoms with van der Waals surface area (Å²) in [5.74, 6) is 0. The van der Waals surface area contributed by atoms with Crippen molar-refractivity contribution in [2.75, 3.05) is 0 Å². The monoisotopic (exact) mass is 353 g/mol. The summed E-state index contributed by atoms with van der Waals surface area (Å²) in [4.78, 5) is 0.